The molecule has 0 aromatic heterocycles. The van der Waals surface area contributed by atoms with Gasteiger partial charge in [-0.2, -0.15) is 0 Å². The summed E-state index contributed by atoms with van der Waals surface area (Å²) in [7, 11) is 0. The van der Waals surface area contributed by atoms with E-state index < -0.39 is 10.2 Å². The van der Waals surface area contributed by atoms with Gasteiger partial charge in [0.05, 0.1) is 16.6 Å². The van der Waals surface area contributed by atoms with Gasteiger partial charge in [0, 0.05) is 33.4 Å². The third-order valence-corrected chi connectivity index (χ3v) is 5.77. The molecule has 32 heavy (non-hydrogen) atoms. The highest BCUT2D eigenvalue weighted by molar-refractivity contribution is 8.00. The molecule has 0 fully saturated rings. The highest BCUT2D eigenvalue weighted by Gasteiger charge is 2.16. The Kier molecular flexibility index (Phi) is 7.86. The normalized spacial score (nSPS) is 11.4. The zero-order valence-corrected chi connectivity index (χ0v) is 18.7. The van der Waals surface area contributed by atoms with Gasteiger partial charge in [-0.25, -0.2) is 0 Å². The van der Waals surface area contributed by atoms with Crippen molar-refractivity contribution in [3.8, 4) is 0 Å². The monoisotopic (exact) mass is 469 g/mol. The number of rotatable bonds is 8. The minimum atomic E-state index is -0.495. The van der Waals surface area contributed by atoms with Gasteiger partial charge in [-0.05, 0) is 55.0 Å². The van der Waals surface area contributed by atoms with Crippen LogP contribution in [-0.4, -0.2) is 22.0 Å². The largest absolute Gasteiger partial charge is 0.326 e. The van der Waals surface area contributed by atoms with E-state index in [9.17, 15) is 19.7 Å². The van der Waals surface area contributed by atoms with Gasteiger partial charge < -0.3 is 10.6 Å². The number of carbonyl (C=O) groups excluding carboxylic acids is 2. The number of nitro groups is 1. The molecule has 2 N–H and O–H groups in total. The van der Waals surface area contributed by atoms with Gasteiger partial charge in [0.15, 0.2) is 0 Å². The average Bonchev–Trinajstić information content (AvgIpc) is 2.76. The number of nitrogens with one attached hydrogen (secondary N) is 2. The molecule has 2 amide bonds. The Morgan fingerprint density at radius 1 is 1.00 bits per heavy atom. The number of nitrogens with zero attached hydrogens (tertiary/aromatic N) is 1. The van der Waals surface area contributed by atoms with Crippen LogP contribution in [0, 0.1) is 10.1 Å². The quantitative estimate of drug-likeness (QED) is 0.256. The fourth-order valence-electron chi connectivity index (χ4n) is 2.81. The Hall–Kier alpha value is -3.36. The summed E-state index contributed by atoms with van der Waals surface area (Å²) < 4.78 is 0. The fourth-order valence-corrected chi connectivity index (χ4v) is 3.86. The number of nitro benzene ring substituents is 1. The van der Waals surface area contributed by atoms with Crippen LogP contribution in [0.3, 0.4) is 0 Å². The lowest BCUT2D eigenvalue weighted by molar-refractivity contribution is -0.384. The number of halogens is 1. The Morgan fingerprint density at radius 2 is 1.69 bits per heavy atom. The molecule has 1 atom stereocenters. The molecule has 164 valence electrons. The third kappa shape index (κ3) is 6.83. The summed E-state index contributed by atoms with van der Waals surface area (Å²) in [5, 5.41) is 16.5. The van der Waals surface area contributed by atoms with E-state index in [-0.39, 0.29) is 23.9 Å². The van der Waals surface area contributed by atoms with Gasteiger partial charge in [-0.15, -0.1) is 11.8 Å². The molecule has 7 nitrogen and oxygen atoms in total. The van der Waals surface area contributed by atoms with Gasteiger partial charge >= 0.3 is 0 Å². The topological polar surface area (TPSA) is 101 Å². The van der Waals surface area contributed by atoms with Crippen LogP contribution in [0.1, 0.15) is 12.5 Å². The number of carbonyl (C=O) groups is 2. The van der Waals surface area contributed by atoms with E-state index in [4.69, 9.17) is 11.6 Å². The molecule has 0 spiro atoms. The van der Waals surface area contributed by atoms with E-state index in [1.54, 1.807) is 49.4 Å². The van der Waals surface area contributed by atoms with Crippen molar-refractivity contribution in [3.05, 3.63) is 93.5 Å². The zero-order chi connectivity index (χ0) is 23.1. The minimum absolute atomic E-state index is 0.0413. The second kappa shape index (κ2) is 10.8. The Morgan fingerprint density at radius 3 is 2.34 bits per heavy atom. The first-order chi connectivity index (χ1) is 15.3. The summed E-state index contributed by atoms with van der Waals surface area (Å²) in [6.45, 7) is 1.76. The highest BCUT2D eigenvalue weighted by Crippen LogP contribution is 2.27. The van der Waals surface area contributed by atoms with Crippen molar-refractivity contribution in [1.29, 1.82) is 0 Å². The standard InChI is InChI=1S/C23H20ClN3O4S/c1-15(23(29)26-18-9-11-20(12-10-18)27(30)31)32-21-4-2-3-19(14-21)25-22(28)13-16-5-7-17(24)8-6-16/h2-12,14-15H,13H2,1H3,(H,25,28)(H,26,29). The van der Waals surface area contributed by atoms with Crippen molar-refractivity contribution in [2.75, 3.05) is 10.6 Å². The summed E-state index contributed by atoms with van der Waals surface area (Å²) >= 11 is 7.21. The predicted molar refractivity (Wildman–Crippen MR) is 127 cm³/mol. The van der Waals surface area contributed by atoms with Crippen molar-refractivity contribution >= 4 is 52.2 Å². The SMILES string of the molecule is CC(Sc1cccc(NC(=O)Cc2ccc(Cl)cc2)c1)C(=O)Nc1ccc([N+](=O)[O-])cc1. The number of benzene rings is 3. The molecule has 9 heteroatoms. The van der Waals surface area contributed by atoms with Crippen molar-refractivity contribution in [1.82, 2.24) is 0 Å². The van der Waals surface area contributed by atoms with Gasteiger partial charge in [0.25, 0.3) is 5.69 Å². The number of thioether (sulfide) groups is 1. The van der Waals surface area contributed by atoms with Crippen LogP contribution >= 0.6 is 23.4 Å². The van der Waals surface area contributed by atoms with Gasteiger partial charge in [0.2, 0.25) is 11.8 Å². The van der Waals surface area contributed by atoms with Crippen molar-refractivity contribution < 1.29 is 14.5 Å². The minimum Gasteiger partial charge on any atom is -0.326 e. The van der Waals surface area contributed by atoms with Crippen LogP contribution in [0.2, 0.25) is 5.02 Å². The smallest absolute Gasteiger partial charge is 0.269 e. The van der Waals surface area contributed by atoms with E-state index in [2.05, 4.69) is 10.6 Å². The average molecular weight is 470 g/mol. The summed E-state index contributed by atoms with van der Waals surface area (Å²) in [5.41, 5.74) is 1.93. The van der Waals surface area contributed by atoms with Gasteiger partial charge in [-0.1, -0.05) is 29.8 Å². The molecular formula is C23H20ClN3O4S. The first kappa shape index (κ1) is 23.3. The maximum Gasteiger partial charge on any atom is 0.269 e. The fraction of sp³-hybridized carbons (Fsp3) is 0.130. The summed E-state index contributed by atoms with van der Waals surface area (Å²) in [6, 6.07) is 20.0. The second-order valence-corrected chi connectivity index (χ2v) is 8.78. The Labute approximate surface area is 194 Å². The zero-order valence-electron chi connectivity index (χ0n) is 17.1. The first-order valence-electron chi connectivity index (χ1n) is 9.66. The van der Waals surface area contributed by atoms with Crippen molar-refractivity contribution in [2.24, 2.45) is 0 Å². The van der Waals surface area contributed by atoms with Crippen molar-refractivity contribution in [2.45, 2.75) is 23.5 Å². The van der Waals surface area contributed by atoms with Crippen LogP contribution < -0.4 is 10.6 Å². The third-order valence-electron chi connectivity index (χ3n) is 4.42. The van der Waals surface area contributed by atoms with Gasteiger partial charge in [0.1, 0.15) is 0 Å². The van der Waals surface area contributed by atoms with Gasteiger partial charge in [-0.3, -0.25) is 19.7 Å². The number of anilines is 2. The molecule has 0 aliphatic heterocycles. The molecule has 3 aromatic rings. The lowest BCUT2D eigenvalue weighted by Crippen LogP contribution is -2.22. The maximum absolute atomic E-state index is 12.5. The maximum atomic E-state index is 12.5. The van der Waals surface area contributed by atoms with Crippen LogP contribution in [0.5, 0.6) is 0 Å². The Balaban J connectivity index is 1.55. The molecule has 0 radical (unpaired) electrons. The molecule has 0 saturated heterocycles. The summed E-state index contributed by atoms with van der Waals surface area (Å²) in [6.07, 6.45) is 0.225. The lowest BCUT2D eigenvalue weighted by Gasteiger charge is -2.13. The molecule has 0 saturated carbocycles. The van der Waals surface area contributed by atoms with Crippen LogP contribution in [0.15, 0.2) is 77.7 Å². The van der Waals surface area contributed by atoms with Crippen LogP contribution in [-0.2, 0) is 16.0 Å². The first-order valence-corrected chi connectivity index (χ1v) is 10.9. The number of amides is 2. The lowest BCUT2D eigenvalue weighted by atomic mass is 10.1. The van der Waals surface area contributed by atoms with Crippen molar-refractivity contribution in [3.63, 3.8) is 0 Å². The molecular weight excluding hydrogens is 450 g/mol. The molecule has 0 heterocycles. The van der Waals surface area contributed by atoms with E-state index in [0.29, 0.717) is 16.4 Å². The summed E-state index contributed by atoms with van der Waals surface area (Å²) in [5.74, 6) is -0.389. The number of hydrogen-bond donors (Lipinski definition) is 2. The Bertz CT molecular complexity index is 1120. The summed E-state index contributed by atoms with van der Waals surface area (Å²) in [4.78, 5) is 35.9. The van der Waals surface area contributed by atoms with E-state index in [1.807, 2.05) is 6.07 Å². The molecule has 3 aromatic carbocycles. The number of hydrogen-bond acceptors (Lipinski definition) is 5. The number of non-ortho nitro benzene ring substituents is 1. The van der Waals surface area contributed by atoms with E-state index in [0.717, 1.165) is 10.5 Å². The predicted octanol–water partition coefficient (Wildman–Crippen LogP) is 5.55. The highest BCUT2D eigenvalue weighted by atomic mass is 35.5. The van der Waals surface area contributed by atoms with E-state index >= 15 is 0 Å². The van der Waals surface area contributed by atoms with Crippen LogP contribution in [0.4, 0.5) is 17.1 Å². The molecule has 3 rings (SSSR count). The van der Waals surface area contributed by atoms with E-state index in [1.165, 1.54) is 36.0 Å². The molecule has 1 unspecified atom stereocenters. The molecule has 0 aliphatic rings. The molecule has 0 bridgehead atoms. The van der Waals surface area contributed by atoms with Crippen LogP contribution in [0.25, 0.3) is 0 Å². The second-order valence-electron chi connectivity index (χ2n) is 6.93. The molecule has 0 aliphatic carbocycles.